The molecule has 0 radical (unpaired) electrons. The molecule has 1 atom stereocenters. The van der Waals surface area contributed by atoms with Gasteiger partial charge < -0.3 is 15.5 Å². The van der Waals surface area contributed by atoms with E-state index in [1.54, 1.807) is 21.0 Å². The van der Waals surface area contributed by atoms with Crippen LogP contribution in [0.1, 0.15) is 20.3 Å². The molecule has 0 fully saturated rings. The van der Waals surface area contributed by atoms with E-state index in [1.807, 2.05) is 6.92 Å². The zero-order valence-electron chi connectivity index (χ0n) is 10.4. The maximum atomic E-state index is 11.6. The normalized spacial score (nSPS) is 11.3. The Morgan fingerprint density at radius 1 is 1.31 bits per heavy atom. The summed E-state index contributed by atoms with van der Waals surface area (Å²) in [4.78, 5) is 26.0. The van der Waals surface area contributed by atoms with Crippen molar-refractivity contribution in [1.29, 1.82) is 0 Å². The van der Waals surface area contributed by atoms with Gasteiger partial charge in [-0.3, -0.25) is 9.59 Å². The van der Waals surface area contributed by atoms with E-state index in [4.69, 9.17) is 5.73 Å². The molecule has 0 aliphatic heterocycles. The van der Waals surface area contributed by atoms with Crippen LogP contribution >= 0.6 is 12.4 Å². The van der Waals surface area contributed by atoms with E-state index in [0.717, 1.165) is 6.42 Å². The minimum Gasteiger partial charge on any atom is -0.347 e. The minimum absolute atomic E-state index is 0. The summed E-state index contributed by atoms with van der Waals surface area (Å²) in [6.07, 6.45) is 0.819. The monoisotopic (exact) mass is 251 g/mol. The highest BCUT2D eigenvalue weighted by Gasteiger charge is 2.19. The van der Waals surface area contributed by atoms with Gasteiger partial charge in [-0.25, -0.2) is 0 Å². The number of nitrogens with zero attached hydrogens (tertiary/aromatic N) is 2. The van der Waals surface area contributed by atoms with E-state index in [-0.39, 0.29) is 30.8 Å². The zero-order chi connectivity index (χ0) is 12.0. The van der Waals surface area contributed by atoms with E-state index >= 15 is 0 Å². The van der Waals surface area contributed by atoms with Crippen LogP contribution in [0.15, 0.2) is 0 Å². The van der Waals surface area contributed by atoms with Crippen molar-refractivity contribution >= 4 is 24.2 Å². The fourth-order valence-corrected chi connectivity index (χ4v) is 1.13. The molecule has 0 spiro atoms. The summed E-state index contributed by atoms with van der Waals surface area (Å²) in [5.41, 5.74) is 5.50. The van der Waals surface area contributed by atoms with Crippen molar-refractivity contribution in [2.75, 3.05) is 27.2 Å². The van der Waals surface area contributed by atoms with Gasteiger partial charge in [0, 0.05) is 20.6 Å². The van der Waals surface area contributed by atoms with E-state index in [1.165, 1.54) is 9.80 Å². The van der Waals surface area contributed by atoms with Crippen LogP contribution in [0.5, 0.6) is 0 Å². The van der Waals surface area contributed by atoms with Gasteiger partial charge in [0.15, 0.2) is 0 Å². The second-order valence-corrected chi connectivity index (χ2v) is 3.84. The molecule has 0 rings (SSSR count). The minimum atomic E-state index is -0.550. The number of likely N-dealkylation sites (N-methyl/N-ethyl adjacent to an activating group) is 1. The summed E-state index contributed by atoms with van der Waals surface area (Å²) in [6.45, 7) is 4.27. The number of halogens is 1. The maximum Gasteiger partial charge on any atom is 0.241 e. The van der Waals surface area contributed by atoms with Crippen LogP contribution in [0, 0.1) is 0 Å². The molecule has 0 aliphatic rings. The van der Waals surface area contributed by atoms with Crippen LogP contribution in [0.4, 0.5) is 0 Å². The van der Waals surface area contributed by atoms with Crippen LogP contribution < -0.4 is 5.73 Å². The first-order valence-corrected chi connectivity index (χ1v) is 5.14. The summed E-state index contributed by atoms with van der Waals surface area (Å²) in [7, 11) is 3.34. The third kappa shape index (κ3) is 5.92. The van der Waals surface area contributed by atoms with Gasteiger partial charge in [-0.15, -0.1) is 12.4 Å². The van der Waals surface area contributed by atoms with Gasteiger partial charge in [0.05, 0.1) is 12.6 Å². The smallest absolute Gasteiger partial charge is 0.241 e. The first kappa shape index (κ1) is 17.6. The average molecular weight is 252 g/mol. The molecular formula is C10H22ClN3O2. The third-order valence-electron chi connectivity index (χ3n) is 2.02. The lowest BCUT2D eigenvalue weighted by molar-refractivity contribution is -0.139. The highest BCUT2D eigenvalue weighted by atomic mass is 35.5. The van der Waals surface area contributed by atoms with Gasteiger partial charge in [-0.05, 0) is 13.3 Å². The summed E-state index contributed by atoms with van der Waals surface area (Å²) in [5, 5.41) is 0. The SMILES string of the molecule is CCCN(CC(=O)N(C)C)C(=O)C(C)N.Cl. The van der Waals surface area contributed by atoms with Crippen LogP contribution in [0.3, 0.4) is 0 Å². The van der Waals surface area contributed by atoms with Crippen LogP contribution in [-0.4, -0.2) is 54.8 Å². The topological polar surface area (TPSA) is 66.6 Å². The first-order valence-electron chi connectivity index (χ1n) is 5.14. The van der Waals surface area contributed by atoms with Crippen molar-refractivity contribution in [2.45, 2.75) is 26.3 Å². The fraction of sp³-hybridized carbons (Fsp3) is 0.800. The van der Waals surface area contributed by atoms with Gasteiger partial charge >= 0.3 is 0 Å². The predicted octanol–water partition coefficient (Wildman–Crippen LogP) is 0.0822. The molecule has 96 valence electrons. The Balaban J connectivity index is 0. The molecule has 2 N–H and O–H groups in total. The van der Waals surface area contributed by atoms with Crippen LogP contribution in [0.25, 0.3) is 0 Å². The number of rotatable bonds is 5. The predicted molar refractivity (Wildman–Crippen MR) is 66.5 cm³/mol. The molecule has 0 heterocycles. The highest BCUT2D eigenvalue weighted by molar-refractivity contribution is 5.87. The van der Waals surface area contributed by atoms with Crippen LogP contribution in [-0.2, 0) is 9.59 Å². The number of carbonyl (C=O) groups is 2. The second kappa shape index (κ2) is 8.35. The molecular weight excluding hydrogens is 230 g/mol. The van der Waals surface area contributed by atoms with Crippen molar-refractivity contribution in [2.24, 2.45) is 5.73 Å². The molecule has 0 aromatic rings. The Labute approximate surface area is 103 Å². The molecule has 0 bridgehead atoms. The maximum absolute atomic E-state index is 11.6. The quantitative estimate of drug-likeness (QED) is 0.753. The lowest BCUT2D eigenvalue weighted by atomic mass is 10.2. The van der Waals surface area contributed by atoms with E-state index < -0.39 is 6.04 Å². The molecule has 0 saturated heterocycles. The average Bonchev–Trinajstić information content (AvgIpc) is 2.15. The van der Waals surface area contributed by atoms with Gasteiger partial charge in [-0.1, -0.05) is 6.92 Å². The molecule has 5 nitrogen and oxygen atoms in total. The van der Waals surface area contributed by atoms with Gasteiger partial charge in [-0.2, -0.15) is 0 Å². The van der Waals surface area contributed by atoms with Gasteiger partial charge in [0.25, 0.3) is 0 Å². The van der Waals surface area contributed by atoms with Crippen molar-refractivity contribution in [3.8, 4) is 0 Å². The van der Waals surface area contributed by atoms with E-state index in [2.05, 4.69) is 0 Å². The summed E-state index contributed by atoms with van der Waals surface area (Å²) in [5.74, 6) is -0.260. The molecule has 6 heteroatoms. The van der Waals surface area contributed by atoms with E-state index in [9.17, 15) is 9.59 Å². The molecule has 16 heavy (non-hydrogen) atoms. The Morgan fingerprint density at radius 3 is 2.12 bits per heavy atom. The van der Waals surface area contributed by atoms with Gasteiger partial charge in [0.1, 0.15) is 0 Å². The Hall–Kier alpha value is -0.810. The number of amides is 2. The molecule has 1 unspecified atom stereocenters. The van der Waals surface area contributed by atoms with Crippen molar-refractivity contribution in [1.82, 2.24) is 9.80 Å². The standard InChI is InChI=1S/C10H21N3O2.ClH/c1-5-6-13(10(15)8(2)11)7-9(14)12(3)4;/h8H,5-7,11H2,1-4H3;1H. The summed E-state index contributed by atoms with van der Waals surface area (Å²) < 4.78 is 0. The molecule has 0 aliphatic carbocycles. The summed E-state index contributed by atoms with van der Waals surface area (Å²) >= 11 is 0. The number of nitrogens with two attached hydrogens (primary N) is 1. The van der Waals surface area contributed by atoms with Crippen molar-refractivity contribution in [3.05, 3.63) is 0 Å². The van der Waals surface area contributed by atoms with Crippen molar-refractivity contribution < 1.29 is 9.59 Å². The lowest BCUT2D eigenvalue weighted by Gasteiger charge is -2.24. The summed E-state index contributed by atoms with van der Waals surface area (Å²) in [6, 6.07) is -0.550. The third-order valence-corrected chi connectivity index (χ3v) is 2.02. The number of carbonyl (C=O) groups excluding carboxylic acids is 2. The first-order chi connectivity index (χ1) is 6.90. The van der Waals surface area contributed by atoms with Gasteiger partial charge in [0.2, 0.25) is 11.8 Å². The Morgan fingerprint density at radius 2 is 1.81 bits per heavy atom. The lowest BCUT2D eigenvalue weighted by Crippen LogP contribution is -2.46. The molecule has 0 saturated carbocycles. The fourth-order valence-electron chi connectivity index (χ4n) is 1.13. The van der Waals surface area contributed by atoms with Crippen molar-refractivity contribution in [3.63, 3.8) is 0 Å². The molecule has 0 aromatic carbocycles. The number of hydrogen-bond acceptors (Lipinski definition) is 3. The zero-order valence-corrected chi connectivity index (χ0v) is 11.2. The highest BCUT2D eigenvalue weighted by Crippen LogP contribution is 1.97. The van der Waals surface area contributed by atoms with Crippen LogP contribution in [0.2, 0.25) is 0 Å². The van der Waals surface area contributed by atoms with E-state index in [0.29, 0.717) is 6.54 Å². The molecule has 2 amide bonds. The largest absolute Gasteiger partial charge is 0.347 e. The Bertz CT molecular complexity index is 232. The Kier molecular flexibility index (Phi) is 9.18. The number of hydrogen-bond donors (Lipinski definition) is 1. The second-order valence-electron chi connectivity index (χ2n) is 3.84. The molecule has 0 aromatic heterocycles.